The summed E-state index contributed by atoms with van der Waals surface area (Å²) >= 11 is 0. The van der Waals surface area contributed by atoms with Crippen LogP contribution in [0.4, 0.5) is 16.6 Å². The number of furan rings is 1. The van der Waals surface area contributed by atoms with Crippen molar-refractivity contribution in [1.29, 1.82) is 0 Å². The highest BCUT2D eigenvalue weighted by molar-refractivity contribution is 6.03. The molecule has 1 aliphatic heterocycles. The number of carbonyl (C=O) groups is 2. The summed E-state index contributed by atoms with van der Waals surface area (Å²) < 4.78 is 10.6. The normalized spacial score (nSPS) is 19.1. The van der Waals surface area contributed by atoms with Crippen LogP contribution in [0.25, 0.3) is 0 Å². The monoisotopic (exact) mass is 399 g/mol. The number of carbonyl (C=O) groups excluding carboxylic acids is 2. The number of Topliss-reactive ketones (excluding diaryl/α,β-unsaturated/α-hetero) is 1. The second-order valence-corrected chi connectivity index (χ2v) is 7.16. The number of rotatable bonds is 4. The van der Waals surface area contributed by atoms with Crippen LogP contribution >= 0.6 is 0 Å². The number of anilines is 2. The van der Waals surface area contributed by atoms with Crippen molar-refractivity contribution in [2.75, 3.05) is 50.1 Å². The van der Waals surface area contributed by atoms with Crippen molar-refractivity contribution in [2.24, 2.45) is 0 Å². The first kappa shape index (κ1) is 19.2. The van der Waals surface area contributed by atoms with Gasteiger partial charge in [-0.2, -0.15) is 4.98 Å². The van der Waals surface area contributed by atoms with Gasteiger partial charge < -0.3 is 24.3 Å². The minimum atomic E-state index is -0.290. The second-order valence-electron chi connectivity index (χ2n) is 7.16. The van der Waals surface area contributed by atoms with E-state index in [0.717, 1.165) is 11.5 Å². The van der Waals surface area contributed by atoms with Crippen molar-refractivity contribution < 1.29 is 18.7 Å². The van der Waals surface area contributed by atoms with Crippen LogP contribution in [-0.4, -0.2) is 66.6 Å². The standard InChI is InChI=1S/C20H25N5O4/c1-3-28-20(27)25-8-6-24(7-9-25)19-22-14-11-13(16-5-4-10-29-16)12-15(26)17(14)18(21-2)23-19/h4-5,10,13H,3,6-9,11-12H2,1-2H3,(H,21,22,23). The number of amides is 1. The van der Waals surface area contributed by atoms with E-state index in [4.69, 9.17) is 14.1 Å². The number of aromatic nitrogens is 2. The van der Waals surface area contributed by atoms with Crippen LogP contribution in [0.2, 0.25) is 0 Å². The van der Waals surface area contributed by atoms with Gasteiger partial charge in [0.25, 0.3) is 0 Å². The van der Waals surface area contributed by atoms with E-state index in [9.17, 15) is 9.59 Å². The third kappa shape index (κ3) is 3.76. The van der Waals surface area contributed by atoms with Gasteiger partial charge in [-0.15, -0.1) is 0 Å². The van der Waals surface area contributed by atoms with Crippen molar-refractivity contribution in [1.82, 2.24) is 14.9 Å². The van der Waals surface area contributed by atoms with Crippen LogP contribution < -0.4 is 10.2 Å². The lowest BCUT2D eigenvalue weighted by molar-refractivity contribution is 0.0958. The predicted octanol–water partition coefficient (Wildman–Crippen LogP) is 2.30. The minimum Gasteiger partial charge on any atom is -0.469 e. The van der Waals surface area contributed by atoms with E-state index in [-0.39, 0.29) is 17.8 Å². The molecule has 0 saturated carbocycles. The third-order valence-corrected chi connectivity index (χ3v) is 5.39. The van der Waals surface area contributed by atoms with E-state index < -0.39 is 0 Å². The zero-order chi connectivity index (χ0) is 20.4. The van der Waals surface area contributed by atoms with Gasteiger partial charge in [0.05, 0.1) is 24.1 Å². The summed E-state index contributed by atoms with van der Waals surface area (Å²) in [4.78, 5) is 37.8. The van der Waals surface area contributed by atoms with Crippen LogP contribution in [0, 0.1) is 0 Å². The van der Waals surface area contributed by atoms with Gasteiger partial charge in [0.1, 0.15) is 11.6 Å². The number of piperazine rings is 1. The maximum Gasteiger partial charge on any atom is 0.409 e. The highest BCUT2D eigenvalue weighted by atomic mass is 16.6. The molecule has 1 N–H and O–H groups in total. The molecule has 2 aromatic heterocycles. The van der Waals surface area contributed by atoms with Crippen LogP contribution in [0.5, 0.6) is 0 Å². The average molecular weight is 399 g/mol. The number of nitrogens with zero attached hydrogens (tertiary/aromatic N) is 4. The summed E-state index contributed by atoms with van der Waals surface area (Å²) in [6, 6.07) is 3.74. The van der Waals surface area contributed by atoms with Gasteiger partial charge in [-0.25, -0.2) is 9.78 Å². The maximum absolute atomic E-state index is 12.8. The summed E-state index contributed by atoms with van der Waals surface area (Å²) in [7, 11) is 1.76. The molecule has 9 nitrogen and oxygen atoms in total. The SMILES string of the molecule is CCOC(=O)N1CCN(c2nc3c(c(NC)n2)C(=O)CC(c2ccco2)C3)CC1. The number of nitrogens with one attached hydrogen (secondary N) is 1. The lowest BCUT2D eigenvalue weighted by atomic mass is 9.84. The summed E-state index contributed by atoms with van der Waals surface area (Å²) in [6.07, 6.45) is 2.35. The number of fused-ring (bicyclic) bond motifs is 1. The minimum absolute atomic E-state index is 0.0156. The lowest BCUT2D eigenvalue weighted by Gasteiger charge is -2.34. The molecule has 1 saturated heterocycles. The van der Waals surface area contributed by atoms with Gasteiger partial charge in [-0.1, -0.05) is 0 Å². The lowest BCUT2D eigenvalue weighted by Crippen LogP contribution is -2.49. The van der Waals surface area contributed by atoms with Crippen molar-refractivity contribution in [3.05, 3.63) is 35.4 Å². The molecule has 29 heavy (non-hydrogen) atoms. The number of ketones is 1. The molecular formula is C20H25N5O4. The van der Waals surface area contributed by atoms with Crippen molar-refractivity contribution in [3.63, 3.8) is 0 Å². The number of ether oxygens (including phenoxy) is 1. The fraction of sp³-hybridized carbons (Fsp3) is 0.500. The maximum atomic E-state index is 12.8. The average Bonchev–Trinajstić information content (AvgIpc) is 3.28. The molecule has 0 spiro atoms. The van der Waals surface area contributed by atoms with Gasteiger partial charge in [0, 0.05) is 52.0 Å². The molecule has 0 radical (unpaired) electrons. The highest BCUT2D eigenvalue weighted by Crippen LogP contribution is 2.35. The summed E-state index contributed by atoms with van der Waals surface area (Å²) in [5, 5.41) is 3.05. The first-order valence-corrected chi connectivity index (χ1v) is 9.92. The van der Waals surface area contributed by atoms with Crippen molar-refractivity contribution in [3.8, 4) is 0 Å². The fourth-order valence-electron chi connectivity index (χ4n) is 3.92. The Bertz CT molecular complexity index is 891. The van der Waals surface area contributed by atoms with E-state index in [1.54, 1.807) is 25.1 Å². The van der Waals surface area contributed by atoms with E-state index in [1.165, 1.54) is 0 Å². The van der Waals surface area contributed by atoms with Crippen LogP contribution in [0.3, 0.4) is 0 Å². The molecule has 0 aromatic carbocycles. The summed E-state index contributed by atoms with van der Waals surface area (Å²) in [6.45, 7) is 4.46. The van der Waals surface area contributed by atoms with Crippen LogP contribution in [-0.2, 0) is 11.2 Å². The molecule has 1 unspecified atom stereocenters. The Hall–Kier alpha value is -3.10. The molecule has 4 rings (SSSR count). The molecule has 1 fully saturated rings. The van der Waals surface area contributed by atoms with Crippen LogP contribution in [0.1, 0.15) is 41.1 Å². The zero-order valence-corrected chi connectivity index (χ0v) is 16.7. The topological polar surface area (TPSA) is 101 Å². The molecule has 3 heterocycles. The largest absolute Gasteiger partial charge is 0.469 e. The summed E-state index contributed by atoms with van der Waals surface area (Å²) in [5.74, 6) is 1.94. The number of hydrogen-bond donors (Lipinski definition) is 1. The Morgan fingerprint density at radius 2 is 2.07 bits per heavy atom. The number of hydrogen-bond acceptors (Lipinski definition) is 8. The van der Waals surface area contributed by atoms with Crippen molar-refractivity contribution >= 4 is 23.6 Å². The molecule has 0 bridgehead atoms. The van der Waals surface area contributed by atoms with E-state index in [0.29, 0.717) is 63.0 Å². The van der Waals surface area contributed by atoms with Gasteiger partial charge in [-0.05, 0) is 19.1 Å². The molecule has 2 aliphatic rings. The van der Waals surface area contributed by atoms with Gasteiger partial charge in [0.2, 0.25) is 5.95 Å². The fourth-order valence-corrected chi connectivity index (χ4v) is 3.92. The van der Waals surface area contributed by atoms with E-state index >= 15 is 0 Å². The Morgan fingerprint density at radius 3 is 2.72 bits per heavy atom. The molecule has 154 valence electrons. The van der Waals surface area contributed by atoms with Gasteiger partial charge >= 0.3 is 6.09 Å². The molecule has 2 aromatic rings. The summed E-state index contributed by atoms with van der Waals surface area (Å²) in [5.41, 5.74) is 1.31. The smallest absolute Gasteiger partial charge is 0.409 e. The first-order valence-electron chi connectivity index (χ1n) is 9.92. The van der Waals surface area contributed by atoms with E-state index in [1.807, 2.05) is 17.0 Å². The van der Waals surface area contributed by atoms with Crippen LogP contribution in [0.15, 0.2) is 22.8 Å². The highest BCUT2D eigenvalue weighted by Gasteiger charge is 2.33. The molecule has 9 heteroatoms. The van der Waals surface area contributed by atoms with Gasteiger partial charge in [-0.3, -0.25) is 4.79 Å². The van der Waals surface area contributed by atoms with E-state index in [2.05, 4.69) is 10.3 Å². The molecular weight excluding hydrogens is 374 g/mol. The Labute approximate surface area is 169 Å². The first-order chi connectivity index (χ1) is 14.1. The molecule has 1 aliphatic carbocycles. The Kier molecular flexibility index (Phi) is 5.37. The second kappa shape index (κ2) is 8.10. The quantitative estimate of drug-likeness (QED) is 0.836. The third-order valence-electron chi connectivity index (χ3n) is 5.39. The Morgan fingerprint density at radius 1 is 1.28 bits per heavy atom. The molecule has 1 atom stereocenters. The molecule has 1 amide bonds. The predicted molar refractivity (Wildman–Crippen MR) is 106 cm³/mol. The zero-order valence-electron chi connectivity index (χ0n) is 16.7. The Balaban J connectivity index is 1.56. The van der Waals surface area contributed by atoms with Gasteiger partial charge in [0.15, 0.2) is 5.78 Å². The van der Waals surface area contributed by atoms with Crippen molar-refractivity contribution in [2.45, 2.75) is 25.7 Å².